The molecule has 0 radical (unpaired) electrons. The average molecular weight is 334 g/mol. The largest absolute Gasteiger partial charge is 0.381 e. The molecule has 23 heavy (non-hydrogen) atoms. The zero-order valence-electron chi connectivity index (χ0n) is 12.9. The number of nitro benzene ring substituents is 1. The number of nitrogens with zero attached hydrogens (tertiary/aromatic N) is 1. The molecule has 0 bridgehead atoms. The lowest BCUT2D eigenvalue weighted by atomic mass is 10.1. The minimum atomic E-state index is -3.03. The Kier molecular flexibility index (Phi) is 5.00. The number of hydrogen-bond donors (Lipinski definition) is 1. The molecule has 0 atom stereocenters. The third kappa shape index (κ3) is 5.07. The zero-order chi connectivity index (χ0) is 17.0. The van der Waals surface area contributed by atoms with E-state index in [9.17, 15) is 18.5 Å². The van der Waals surface area contributed by atoms with Crippen LogP contribution in [0, 0.1) is 17.0 Å². The van der Waals surface area contributed by atoms with Gasteiger partial charge in [0.05, 0.1) is 10.7 Å². The van der Waals surface area contributed by atoms with E-state index in [-0.39, 0.29) is 11.4 Å². The molecule has 6 nitrogen and oxygen atoms in total. The van der Waals surface area contributed by atoms with Gasteiger partial charge >= 0.3 is 0 Å². The first kappa shape index (κ1) is 17.0. The van der Waals surface area contributed by atoms with E-state index < -0.39 is 14.8 Å². The minimum absolute atomic E-state index is 0.0299. The van der Waals surface area contributed by atoms with Gasteiger partial charge in [0.25, 0.3) is 5.69 Å². The first-order valence-corrected chi connectivity index (χ1v) is 9.05. The molecule has 7 heteroatoms. The Balaban J connectivity index is 2.02. The molecule has 0 aliphatic heterocycles. The SMILES string of the molecule is Cc1cc([N+](=O)[O-])ccc1NCc1ccc(CS(C)(=O)=O)cc1. The highest BCUT2D eigenvalue weighted by Gasteiger charge is 2.08. The normalized spacial score (nSPS) is 11.2. The van der Waals surface area contributed by atoms with E-state index in [1.807, 2.05) is 19.1 Å². The molecule has 0 saturated heterocycles. The molecule has 0 amide bonds. The lowest BCUT2D eigenvalue weighted by Gasteiger charge is -2.10. The number of sulfone groups is 1. The molecule has 0 aromatic heterocycles. The highest BCUT2D eigenvalue weighted by atomic mass is 32.2. The first-order chi connectivity index (χ1) is 10.7. The molecule has 0 unspecified atom stereocenters. The predicted octanol–water partition coefficient (Wildman–Crippen LogP) is 3.06. The molecule has 2 rings (SSSR count). The third-order valence-electron chi connectivity index (χ3n) is 3.36. The van der Waals surface area contributed by atoms with Gasteiger partial charge in [-0.3, -0.25) is 10.1 Å². The van der Waals surface area contributed by atoms with Gasteiger partial charge in [-0.05, 0) is 29.7 Å². The van der Waals surface area contributed by atoms with Gasteiger partial charge in [0.1, 0.15) is 0 Å². The van der Waals surface area contributed by atoms with Crippen molar-refractivity contribution in [1.29, 1.82) is 0 Å². The summed E-state index contributed by atoms with van der Waals surface area (Å²) in [5.74, 6) is 0.0299. The third-order valence-corrected chi connectivity index (χ3v) is 4.21. The van der Waals surface area contributed by atoms with Crippen molar-refractivity contribution in [2.24, 2.45) is 0 Å². The van der Waals surface area contributed by atoms with Crippen LogP contribution in [-0.2, 0) is 22.1 Å². The molecule has 0 spiro atoms. The van der Waals surface area contributed by atoms with Crippen LogP contribution in [-0.4, -0.2) is 19.6 Å². The van der Waals surface area contributed by atoms with Crippen LogP contribution < -0.4 is 5.32 Å². The highest BCUT2D eigenvalue weighted by molar-refractivity contribution is 7.89. The molecule has 122 valence electrons. The van der Waals surface area contributed by atoms with Gasteiger partial charge in [0, 0.05) is 30.6 Å². The van der Waals surface area contributed by atoms with Crippen molar-refractivity contribution in [3.63, 3.8) is 0 Å². The minimum Gasteiger partial charge on any atom is -0.381 e. The number of rotatable bonds is 6. The van der Waals surface area contributed by atoms with Crippen molar-refractivity contribution >= 4 is 21.2 Å². The van der Waals surface area contributed by atoms with Crippen molar-refractivity contribution < 1.29 is 13.3 Å². The molecule has 0 aliphatic rings. The fourth-order valence-electron chi connectivity index (χ4n) is 2.21. The summed E-state index contributed by atoms with van der Waals surface area (Å²) in [6.45, 7) is 2.36. The van der Waals surface area contributed by atoms with Gasteiger partial charge in [-0.1, -0.05) is 24.3 Å². The Bertz CT molecular complexity index is 814. The molecule has 0 saturated carbocycles. The Hall–Kier alpha value is -2.41. The number of nitrogens with one attached hydrogen (secondary N) is 1. The monoisotopic (exact) mass is 334 g/mol. The predicted molar refractivity (Wildman–Crippen MR) is 90.1 cm³/mol. The van der Waals surface area contributed by atoms with Crippen LogP contribution in [0.25, 0.3) is 0 Å². The van der Waals surface area contributed by atoms with Crippen molar-refractivity contribution in [1.82, 2.24) is 0 Å². The second kappa shape index (κ2) is 6.78. The Morgan fingerprint density at radius 3 is 2.22 bits per heavy atom. The molecule has 0 fully saturated rings. The van der Waals surface area contributed by atoms with Crippen LogP contribution in [0.1, 0.15) is 16.7 Å². The second-order valence-electron chi connectivity index (χ2n) is 5.50. The summed E-state index contributed by atoms with van der Waals surface area (Å²) in [5, 5.41) is 13.9. The Morgan fingerprint density at radius 2 is 1.70 bits per heavy atom. The van der Waals surface area contributed by atoms with Gasteiger partial charge in [-0.15, -0.1) is 0 Å². The number of aryl methyl sites for hydroxylation is 1. The van der Waals surface area contributed by atoms with Crippen LogP contribution >= 0.6 is 0 Å². The molecule has 2 aromatic rings. The van der Waals surface area contributed by atoms with E-state index in [0.29, 0.717) is 6.54 Å². The summed E-state index contributed by atoms with van der Waals surface area (Å²) in [5.41, 5.74) is 3.45. The van der Waals surface area contributed by atoms with Gasteiger partial charge < -0.3 is 5.32 Å². The topological polar surface area (TPSA) is 89.3 Å². The average Bonchev–Trinajstić information content (AvgIpc) is 2.45. The molecular weight excluding hydrogens is 316 g/mol. The van der Waals surface area contributed by atoms with E-state index in [1.54, 1.807) is 18.2 Å². The molecular formula is C16H18N2O4S. The van der Waals surface area contributed by atoms with Crippen LogP contribution in [0.4, 0.5) is 11.4 Å². The van der Waals surface area contributed by atoms with E-state index in [0.717, 1.165) is 22.4 Å². The lowest BCUT2D eigenvalue weighted by molar-refractivity contribution is -0.384. The highest BCUT2D eigenvalue weighted by Crippen LogP contribution is 2.21. The maximum atomic E-state index is 11.2. The number of anilines is 1. The summed E-state index contributed by atoms with van der Waals surface area (Å²) in [4.78, 5) is 10.3. The van der Waals surface area contributed by atoms with E-state index in [1.165, 1.54) is 18.4 Å². The molecule has 0 heterocycles. The Morgan fingerprint density at radius 1 is 1.09 bits per heavy atom. The second-order valence-corrected chi connectivity index (χ2v) is 7.64. The summed E-state index contributed by atoms with van der Waals surface area (Å²) in [6.07, 6.45) is 1.21. The van der Waals surface area contributed by atoms with Crippen LogP contribution in [0.15, 0.2) is 42.5 Å². The molecule has 1 N–H and O–H groups in total. The smallest absolute Gasteiger partial charge is 0.269 e. The quantitative estimate of drug-likeness (QED) is 0.648. The van der Waals surface area contributed by atoms with E-state index in [4.69, 9.17) is 0 Å². The number of nitro groups is 1. The fourth-order valence-corrected chi connectivity index (χ4v) is 3.01. The number of hydrogen-bond acceptors (Lipinski definition) is 5. The Labute approximate surface area is 135 Å². The van der Waals surface area contributed by atoms with Crippen LogP contribution in [0.3, 0.4) is 0 Å². The van der Waals surface area contributed by atoms with E-state index in [2.05, 4.69) is 5.32 Å². The summed E-state index contributed by atoms with van der Waals surface area (Å²) < 4.78 is 22.5. The molecule has 0 aliphatic carbocycles. The van der Waals surface area contributed by atoms with Gasteiger partial charge in [0.15, 0.2) is 9.84 Å². The van der Waals surface area contributed by atoms with E-state index >= 15 is 0 Å². The maximum absolute atomic E-state index is 11.2. The standard InChI is InChI=1S/C16H18N2O4S/c1-12-9-15(18(19)20)7-8-16(12)17-10-13-3-5-14(6-4-13)11-23(2,21)22/h3-9,17H,10-11H2,1-2H3. The van der Waals surface area contributed by atoms with Gasteiger partial charge in [-0.2, -0.15) is 0 Å². The van der Waals surface area contributed by atoms with Crippen molar-refractivity contribution in [3.05, 3.63) is 69.3 Å². The maximum Gasteiger partial charge on any atom is 0.269 e. The van der Waals surface area contributed by atoms with Crippen LogP contribution in [0.5, 0.6) is 0 Å². The summed E-state index contributed by atoms with van der Waals surface area (Å²) in [6, 6.07) is 12.0. The van der Waals surface area contributed by atoms with Crippen LogP contribution in [0.2, 0.25) is 0 Å². The summed E-state index contributed by atoms with van der Waals surface area (Å²) in [7, 11) is -3.03. The number of non-ortho nitro benzene ring substituents is 1. The number of benzene rings is 2. The molecule has 2 aromatic carbocycles. The van der Waals surface area contributed by atoms with Crippen molar-refractivity contribution in [2.45, 2.75) is 19.2 Å². The zero-order valence-corrected chi connectivity index (χ0v) is 13.8. The van der Waals surface area contributed by atoms with Crippen molar-refractivity contribution in [2.75, 3.05) is 11.6 Å². The summed E-state index contributed by atoms with van der Waals surface area (Å²) >= 11 is 0. The lowest BCUT2D eigenvalue weighted by Crippen LogP contribution is -2.03. The fraction of sp³-hybridized carbons (Fsp3) is 0.250. The van der Waals surface area contributed by atoms with Crippen molar-refractivity contribution in [3.8, 4) is 0 Å². The van der Waals surface area contributed by atoms with Gasteiger partial charge in [-0.25, -0.2) is 8.42 Å². The van der Waals surface area contributed by atoms with Gasteiger partial charge in [0.2, 0.25) is 0 Å². The first-order valence-electron chi connectivity index (χ1n) is 6.99.